The fourth-order valence-electron chi connectivity index (χ4n) is 3.59. The van der Waals surface area contributed by atoms with Crippen LogP contribution < -0.4 is 5.32 Å². The van der Waals surface area contributed by atoms with E-state index in [4.69, 9.17) is 0 Å². The van der Waals surface area contributed by atoms with E-state index in [1.165, 1.54) is 29.0 Å². The zero-order valence-electron chi connectivity index (χ0n) is 17.9. The molecule has 0 bridgehead atoms. The summed E-state index contributed by atoms with van der Waals surface area (Å²) < 4.78 is 13.1. The van der Waals surface area contributed by atoms with Crippen molar-refractivity contribution in [3.8, 4) is 11.3 Å². The summed E-state index contributed by atoms with van der Waals surface area (Å²) in [5, 5.41) is 5.18. The van der Waals surface area contributed by atoms with Gasteiger partial charge in [-0.1, -0.05) is 29.8 Å². The van der Waals surface area contributed by atoms with Crippen LogP contribution in [0.5, 0.6) is 0 Å². The highest BCUT2D eigenvalue weighted by molar-refractivity contribution is 7.14. The molecule has 166 valence electrons. The molecule has 2 aromatic carbocycles. The Bertz CT molecular complexity index is 1070. The molecule has 0 atom stereocenters. The second-order valence-corrected chi connectivity index (χ2v) is 8.77. The molecule has 1 aliphatic rings. The summed E-state index contributed by atoms with van der Waals surface area (Å²) >= 11 is 1.34. The van der Waals surface area contributed by atoms with Crippen LogP contribution in [0.2, 0.25) is 0 Å². The lowest BCUT2D eigenvalue weighted by Crippen LogP contribution is -2.50. The molecular formula is C24H25FN4O2S. The van der Waals surface area contributed by atoms with E-state index in [1.54, 1.807) is 12.1 Å². The molecule has 0 radical (unpaired) electrons. The monoisotopic (exact) mass is 452 g/mol. The average molecular weight is 453 g/mol. The summed E-state index contributed by atoms with van der Waals surface area (Å²) in [5.74, 6) is -0.312. The normalized spacial score (nSPS) is 14.4. The van der Waals surface area contributed by atoms with Gasteiger partial charge in [-0.2, -0.15) is 0 Å². The van der Waals surface area contributed by atoms with Crippen LogP contribution in [0.25, 0.3) is 11.3 Å². The van der Waals surface area contributed by atoms with Crippen molar-refractivity contribution in [1.82, 2.24) is 14.8 Å². The SMILES string of the molecule is Cc1ccc(CC(=O)N2CCN(CC(=O)Nc3nc(-c4ccc(F)cc4)cs3)CC2)cc1. The maximum Gasteiger partial charge on any atom is 0.240 e. The van der Waals surface area contributed by atoms with Gasteiger partial charge in [0.15, 0.2) is 5.13 Å². The molecule has 3 aromatic rings. The molecule has 0 unspecified atom stereocenters. The van der Waals surface area contributed by atoms with Crippen molar-refractivity contribution in [2.24, 2.45) is 0 Å². The number of nitrogens with zero attached hydrogens (tertiary/aromatic N) is 3. The molecule has 2 amide bonds. The van der Waals surface area contributed by atoms with Crippen LogP contribution in [0.1, 0.15) is 11.1 Å². The number of thiazole rings is 1. The Balaban J connectivity index is 1.23. The van der Waals surface area contributed by atoms with E-state index >= 15 is 0 Å². The average Bonchev–Trinajstić information content (AvgIpc) is 3.24. The fraction of sp³-hybridized carbons (Fsp3) is 0.292. The van der Waals surface area contributed by atoms with E-state index in [0.717, 1.165) is 11.1 Å². The number of aryl methyl sites for hydroxylation is 1. The minimum Gasteiger partial charge on any atom is -0.340 e. The van der Waals surface area contributed by atoms with Crippen LogP contribution in [-0.4, -0.2) is 59.3 Å². The summed E-state index contributed by atoms with van der Waals surface area (Å²) in [6.07, 6.45) is 0.404. The Kier molecular flexibility index (Phi) is 6.92. The largest absolute Gasteiger partial charge is 0.340 e. The van der Waals surface area contributed by atoms with Gasteiger partial charge in [0, 0.05) is 37.1 Å². The van der Waals surface area contributed by atoms with E-state index in [9.17, 15) is 14.0 Å². The number of carbonyl (C=O) groups is 2. The number of anilines is 1. The van der Waals surface area contributed by atoms with Crippen molar-refractivity contribution in [2.45, 2.75) is 13.3 Å². The summed E-state index contributed by atoms with van der Waals surface area (Å²) in [6.45, 7) is 4.83. The molecule has 1 aromatic heterocycles. The van der Waals surface area contributed by atoms with Crippen molar-refractivity contribution >= 4 is 28.3 Å². The molecule has 0 saturated carbocycles. The van der Waals surface area contributed by atoms with Crippen molar-refractivity contribution in [3.63, 3.8) is 0 Å². The first kappa shape index (κ1) is 22.1. The molecule has 1 aliphatic heterocycles. The van der Waals surface area contributed by atoms with Gasteiger partial charge in [0.05, 0.1) is 18.7 Å². The molecular weight excluding hydrogens is 427 g/mol. The van der Waals surface area contributed by atoms with Crippen LogP contribution in [0.4, 0.5) is 9.52 Å². The minimum absolute atomic E-state index is 0.120. The van der Waals surface area contributed by atoms with Gasteiger partial charge in [-0.15, -0.1) is 11.3 Å². The number of nitrogens with one attached hydrogen (secondary N) is 1. The van der Waals surface area contributed by atoms with Gasteiger partial charge >= 0.3 is 0 Å². The first-order valence-electron chi connectivity index (χ1n) is 10.5. The van der Waals surface area contributed by atoms with Crippen LogP contribution in [0.3, 0.4) is 0 Å². The third-order valence-electron chi connectivity index (χ3n) is 5.46. The van der Waals surface area contributed by atoms with E-state index in [1.807, 2.05) is 46.4 Å². The summed E-state index contributed by atoms with van der Waals surface area (Å²) in [4.78, 5) is 33.3. The third-order valence-corrected chi connectivity index (χ3v) is 6.22. The lowest BCUT2D eigenvalue weighted by Gasteiger charge is -2.34. The van der Waals surface area contributed by atoms with Gasteiger partial charge in [-0.05, 0) is 36.8 Å². The van der Waals surface area contributed by atoms with E-state index < -0.39 is 0 Å². The van der Waals surface area contributed by atoms with Gasteiger partial charge in [0.1, 0.15) is 5.82 Å². The highest BCUT2D eigenvalue weighted by Crippen LogP contribution is 2.25. The van der Waals surface area contributed by atoms with Crippen LogP contribution >= 0.6 is 11.3 Å². The highest BCUT2D eigenvalue weighted by Gasteiger charge is 2.22. The molecule has 8 heteroatoms. The minimum atomic E-state index is -0.297. The van der Waals surface area contributed by atoms with Gasteiger partial charge in [-0.3, -0.25) is 14.5 Å². The maximum absolute atomic E-state index is 13.1. The zero-order chi connectivity index (χ0) is 22.5. The molecule has 6 nitrogen and oxygen atoms in total. The molecule has 1 saturated heterocycles. The van der Waals surface area contributed by atoms with Gasteiger partial charge in [-0.25, -0.2) is 9.37 Å². The number of aromatic nitrogens is 1. The predicted molar refractivity (Wildman–Crippen MR) is 124 cm³/mol. The summed E-state index contributed by atoms with van der Waals surface area (Å²) in [7, 11) is 0. The Morgan fingerprint density at radius 2 is 1.72 bits per heavy atom. The molecule has 4 rings (SSSR count). The van der Waals surface area contributed by atoms with E-state index in [2.05, 4.69) is 10.3 Å². The van der Waals surface area contributed by atoms with E-state index in [-0.39, 0.29) is 24.2 Å². The summed E-state index contributed by atoms with van der Waals surface area (Å²) in [5.41, 5.74) is 3.70. The lowest BCUT2D eigenvalue weighted by atomic mass is 10.1. The second-order valence-electron chi connectivity index (χ2n) is 7.91. The van der Waals surface area contributed by atoms with Crippen LogP contribution in [-0.2, 0) is 16.0 Å². The number of carbonyl (C=O) groups excluding carboxylic acids is 2. The molecule has 2 heterocycles. The Morgan fingerprint density at radius 1 is 1.03 bits per heavy atom. The molecule has 1 N–H and O–H groups in total. The van der Waals surface area contributed by atoms with Crippen LogP contribution in [0.15, 0.2) is 53.9 Å². The van der Waals surface area contributed by atoms with Gasteiger partial charge in [0.25, 0.3) is 0 Å². The number of piperazine rings is 1. The molecule has 0 aliphatic carbocycles. The van der Waals surface area contributed by atoms with E-state index in [0.29, 0.717) is 43.4 Å². The fourth-order valence-corrected chi connectivity index (χ4v) is 4.33. The number of amides is 2. The summed E-state index contributed by atoms with van der Waals surface area (Å²) in [6, 6.07) is 14.1. The predicted octanol–water partition coefficient (Wildman–Crippen LogP) is 3.58. The van der Waals surface area contributed by atoms with Crippen molar-refractivity contribution in [3.05, 3.63) is 70.9 Å². The van der Waals surface area contributed by atoms with Crippen molar-refractivity contribution in [2.75, 3.05) is 38.0 Å². The Hall–Kier alpha value is -3.10. The Labute approximate surface area is 190 Å². The Morgan fingerprint density at radius 3 is 2.41 bits per heavy atom. The topological polar surface area (TPSA) is 65.5 Å². The molecule has 32 heavy (non-hydrogen) atoms. The number of hydrogen-bond acceptors (Lipinski definition) is 5. The number of benzene rings is 2. The molecule has 0 spiro atoms. The second kappa shape index (κ2) is 10.0. The lowest BCUT2D eigenvalue weighted by molar-refractivity contribution is -0.132. The third kappa shape index (κ3) is 5.77. The number of halogens is 1. The van der Waals surface area contributed by atoms with Crippen molar-refractivity contribution < 1.29 is 14.0 Å². The first-order chi connectivity index (χ1) is 15.5. The van der Waals surface area contributed by atoms with Crippen molar-refractivity contribution in [1.29, 1.82) is 0 Å². The maximum atomic E-state index is 13.1. The van der Waals surface area contributed by atoms with Gasteiger partial charge < -0.3 is 10.2 Å². The van der Waals surface area contributed by atoms with Crippen LogP contribution in [0, 0.1) is 12.7 Å². The highest BCUT2D eigenvalue weighted by atomic mass is 32.1. The van der Waals surface area contributed by atoms with Gasteiger partial charge in [0.2, 0.25) is 11.8 Å². The quantitative estimate of drug-likeness (QED) is 0.621. The zero-order valence-corrected chi connectivity index (χ0v) is 18.7. The first-order valence-corrected chi connectivity index (χ1v) is 11.4. The number of hydrogen-bond donors (Lipinski definition) is 1. The smallest absolute Gasteiger partial charge is 0.240 e. The number of rotatable bonds is 6. The standard InChI is InChI=1S/C24H25FN4O2S/c1-17-2-4-18(5-3-17)14-23(31)29-12-10-28(11-13-29)15-22(30)27-24-26-21(16-32-24)19-6-8-20(25)9-7-19/h2-9,16H,10-15H2,1H3,(H,26,27,30). The molecule has 1 fully saturated rings.